The molecule has 2 heterocycles. The number of aliphatic hydroxyl groups excluding tert-OH is 3. The van der Waals surface area contributed by atoms with Gasteiger partial charge in [-0.25, -0.2) is 0 Å². The molecule has 4 atom stereocenters. The number of amides is 1. The van der Waals surface area contributed by atoms with Crippen LogP contribution in [0.15, 0.2) is 24.5 Å². The van der Waals surface area contributed by atoms with Gasteiger partial charge in [0.15, 0.2) is 18.5 Å². The van der Waals surface area contributed by atoms with Crippen LogP contribution in [0.1, 0.15) is 16.6 Å². The summed E-state index contributed by atoms with van der Waals surface area (Å²) in [5.74, 6) is -0.601. The minimum atomic E-state index is -1.18. The fraction of sp³-hybridized carbons (Fsp3) is 0.455. The highest BCUT2D eigenvalue weighted by molar-refractivity contribution is 5.92. The molecule has 18 heavy (non-hydrogen) atoms. The third-order valence-corrected chi connectivity index (χ3v) is 2.92. The van der Waals surface area contributed by atoms with Gasteiger partial charge in [0, 0.05) is 6.07 Å². The Bertz CT molecular complexity index is 453. The van der Waals surface area contributed by atoms with Gasteiger partial charge in [-0.15, -0.1) is 0 Å². The van der Waals surface area contributed by atoms with E-state index < -0.39 is 37.1 Å². The fourth-order valence-electron chi connectivity index (χ4n) is 1.92. The molecule has 1 aromatic heterocycles. The highest BCUT2D eigenvalue weighted by Crippen LogP contribution is 2.24. The van der Waals surface area contributed by atoms with Gasteiger partial charge in [0.2, 0.25) is 0 Å². The molecular weight excluding hydrogens is 240 g/mol. The second-order valence-corrected chi connectivity index (χ2v) is 4.13. The van der Waals surface area contributed by atoms with E-state index in [0.717, 1.165) is 0 Å². The van der Waals surface area contributed by atoms with Crippen molar-refractivity contribution in [1.29, 1.82) is 0 Å². The van der Waals surface area contributed by atoms with E-state index in [9.17, 15) is 15.0 Å². The molecule has 0 spiro atoms. The van der Waals surface area contributed by atoms with Gasteiger partial charge in [-0.3, -0.25) is 4.79 Å². The maximum Gasteiger partial charge on any atom is 0.292 e. The average molecular weight is 255 g/mol. The number of carbonyl (C=O) groups is 1. The van der Waals surface area contributed by atoms with E-state index in [1.165, 1.54) is 16.8 Å². The Kier molecular flexibility index (Phi) is 3.58. The van der Waals surface area contributed by atoms with Gasteiger partial charge in [-0.2, -0.15) is 4.57 Å². The fourth-order valence-corrected chi connectivity index (χ4v) is 1.92. The summed E-state index contributed by atoms with van der Waals surface area (Å²) in [6, 6.07) is 3.11. The van der Waals surface area contributed by atoms with Crippen molar-refractivity contribution in [3.63, 3.8) is 0 Å². The topological polar surface area (TPSA) is 117 Å². The van der Waals surface area contributed by atoms with Crippen molar-refractivity contribution < 1.29 is 29.4 Å². The number of aromatic nitrogens is 1. The third-order valence-electron chi connectivity index (χ3n) is 2.92. The number of rotatable bonds is 3. The van der Waals surface area contributed by atoms with E-state index in [2.05, 4.69) is 0 Å². The normalized spacial score (nSPS) is 31.5. The molecular formula is C11H15N2O5+. The molecule has 0 aromatic carbocycles. The lowest BCUT2D eigenvalue weighted by molar-refractivity contribution is -0.765. The summed E-state index contributed by atoms with van der Waals surface area (Å²) >= 11 is 0. The highest BCUT2D eigenvalue weighted by atomic mass is 16.6. The Morgan fingerprint density at radius 3 is 2.72 bits per heavy atom. The molecule has 5 N–H and O–H groups in total. The first-order valence-corrected chi connectivity index (χ1v) is 5.47. The summed E-state index contributed by atoms with van der Waals surface area (Å²) in [5.41, 5.74) is 5.41. The molecule has 7 heteroatoms. The number of aliphatic hydroxyl groups is 3. The second kappa shape index (κ2) is 4.99. The van der Waals surface area contributed by atoms with E-state index in [0.29, 0.717) is 0 Å². The molecule has 0 bridgehead atoms. The average Bonchev–Trinajstić information content (AvgIpc) is 2.66. The van der Waals surface area contributed by atoms with Gasteiger partial charge in [-0.05, 0) is 6.07 Å². The number of carbonyl (C=O) groups excluding carboxylic acids is 1. The molecule has 1 aliphatic rings. The summed E-state index contributed by atoms with van der Waals surface area (Å²) in [6.07, 6.45) is -1.08. The lowest BCUT2D eigenvalue weighted by Gasteiger charge is -2.09. The van der Waals surface area contributed by atoms with Crippen LogP contribution in [0, 0.1) is 0 Å². The first-order chi connectivity index (χ1) is 8.54. The van der Waals surface area contributed by atoms with Crippen LogP contribution in [0.3, 0.4) is 0 Å². The van der Waals surface area contributed by atoms with Crippen molar-refractivity contribution >= 4 is 5.91 Å². The molecule has 2 rings (SSSR count). The van der Waals surface area contributed by atoms with Crippen LogP contribution in [0.5, 0.6) is 0 Å². The smallest absolute Gasteiger partial charge is 0.292 e. The molecule has 7 nitrogen and oxygen atoms in total. The molecule has 1 saturated heterocycles. The van der Waals surface area contributed by atoms with E-state index in [1.807, 2.05) is 0 Å². The van der Waals surface area contributed by atoms with E-state index in [4.69, 9.17) is 15.6 Å². The van der Waals surface area contributed by atoms with Gasteiger partial charge >= 0.3 is 0 Å². The lowest BCUT2D eigenvalue weighted by atomic mass is 10.1. The number of pyridine rings is 1. The monoisotopic (exact) mass is 255 g/mol. The van der Waals surface area contributed by atoms with Crippen molar-refractivity contribution in [3.8, 4) is 0 Å². The van der Waals surface area contributed by atoms with Crippen LogP contribution in [-0.2, 0) is 4.74 Å². The first-order valence-electron chi connectivity index (χ1n) is 5.47. The minimum Gasteiger partial charge on any atom is -0.394 e. The van der Waals surface area contributed by atoms with Crippen LogP contribution >= 0.6 is 0 Å². The Balaban J connectivity index is 2.27. The van der Waals surface area contributed by atoms with Gasteiger partial charge in [0.25, 0.3) is 12.1 Å². The number of ether oxygens (including phenoxy) is 1. The predicted octanol–water partition coefficient (Wildman–Crippen LogP) is -2.32. The molecule has 98 valence electrons. The maximum atomic E-state index is 11.1. The van der Waals surface area contributed by atoms with Crippen molar-refractivity contribution in [2.75, 3.05) is 6.61 Å². The van der Waals surface area contributed by atoms with Crippen molar-refractivity contribution in [3.05, 3.63) is 30.1 Å². The first kappa shape index (κ1) is 12.9. The Morgan fingerprint density at radius 2 is 2.17 bits per heavy atom. The predicted molar refractivity (Wildman–Crippen MR) is 58.2 cm³/mol. The number of primary amides is 1. The Hall–Kier alpha value is -1.54. The van der Waals surface area contributed by atoms with E-state index in [-0.39, 0.29) is 5.56 Å². The molecule has 0 aliphatic carbocycles. The van der Waals surface area contributed by atoms with Crippen LogP contribution in [0.2, 0.25) is 0 Å². The maximum absolute atomic E-state index is 11.1. The third kappa shape index (κ3) is 2.21. The summed E-state index contributed by atoms with van der Waals surface area (Å²) in [4.78, 5) is 11.1. The van der Waals surface area contributed by atoms with Crippen LogP contribution in [-0.4, -0.2) is 46.1 Å². The largest absolute Gasteiger partial charge is 0.394 e. The quantitative estimate of drug-likeness (QED) is 0.453. The van der Waals surface area contributed by atoms with Crippen molar-refractivity contribution in [2.24, 2.45) is 5.73 Å². The lowest BCUT2D eigenvalue weighted by Crippen LogP contribution is -2.46. The number of nitrogens with zero attached hydrogens (tertiary/aromatic N) is 1. The standard InChI is InChI=1S/C11H14N2O5/c12-10(17)6-2-1-3-13(4-6)11-9(16)8(15)7(5-14)18-11/h1-4,7-9,11,14-16H,5H2,(H-,12,17)/p+1/t7?,8?,9?,11-/m1/s1. The van der Waals surface area contributed by atoms with Crippen LogP contribution < -0.4 is 10.3 Å². The van der Waals surface area contributed by atoms with Crippen molar-refractivity contribution in [2.45, 2.75) is 24.5 Å². The van der Waals surface area contributed by atoms with Gasteiger partial charge < -0.3 is 25.8 Å². The molecule has 1 aliphatic heterocycles. The second-order valence-electron chi connectivity index (χ2n) is 4.13. The number of nitrogens with two attached hydrogens (primary N) is 1. The zero-order valence-corrected chi connectivity index (χ0v) is 9.51. The highest BCUT2D eigenvalue weighted by Gasteiger charge is 2.47. The summed E-state index contributed by atoms with van der Waals surface area (Å²) in [6.45, 7) is -0.398. The Morgan fingerprint density at radius 1 is 1.44 bits per heavy atom. The zero-order chi connectivity index (χ0) is 13.3. The summed E-state index contributed by atoms with van der Waals surface area (Å²) in [5, 5.41) is 28.4. The SMILES string of the molecule is NC(=O)c1ccc[n+]([C@@H]2OC(CO)C(O)C2O)c1. The minimum absolute atomic E-state index is 0.259. The van der Waals surface area contributed by atoms with E-state index >= 15 is 0 Å². The molecule has 0 saturated carbocycles. The number of hydrogen-bond donors (Lipinski definition) is 4. The van der Waals surface area contributed by atoms with Gasteiger partial charge in [0.05, 0.1) is 6.61 Å². The molecule has 1 fully saturated rings. The van der Waals surface area contributed by atoms with Gasteiger partial charge in [-0.1, -0.05) is 0 Å². The zero-order valence-electron chi connectivity index (χ0n) is 9.51. The molecule has 0 radical (unpaired) electrons. The van der Waals surface area contributed by atoms with Crippen molar-refractivity contribution in [1.82, 2.24) is 0 Å². The van der Waals surface area contributed by atoms with Gasteiger partial charge in [0.1, 0.15) is 17.8 Å². The Labute approximate surface area is 103 Å². The molecule has 1 amide bonds. The summed E-state index contributed by atoms with van der Waals surface area (Å²) in [7, 11) is 0. The number of hydrogen-bond acceptors (Lipinski definition) is 5. The van der Waals surface area contributed by atoms with Crippen LogP contribution in [0.25, 0.3) is 0 Å². The molecule has 1 aromatic rings. The van der Waals surface area contributed by atoms with Crippen LogP contribution in [0.4, 0.5) is 0 Å². The molecule has 3 unspecified atom stereocenters. The van der Waals surface area contributed by atoms with E-state index in [1.54, 1.807) is 12.3 Å². The summed E-state index contributed by atoms with van der Waals surface area (Å²) < 4.78 is 6.75.